The molecule has 2 aliphatic carbocycles. The first-order valence-corrected chi connectivity index (χ1v) is 7.48. The van der Waals surface area contributed by atoms with Gasteiger partial charge >= 0.3 is 0 Å². The summed E-state index contributed by atoms with van der Waals surface area (Å²) in [6.07, 6.45) is 6.57. The number of fused-ring (bicyclic) bond motifs is 3. The van der Waals surface area contributed by atoms with Crippen LogP contribution in [0.5, 0.6) is 0 Å². The summed E-state index contributed by atoms with van der Waals surface area (Å²) in [5.74, 6) is 2.54. The highest BCUT2D eigenvalue weighted by Crippen LogP contribution is 2.55. The molecule has 4 rings (SSSR count). The zero-order valence-corrected chi connectivity index (χ0v) is 11.8. The predicted molar refractivity (Wildman–Crippen MR) is 79.3 cm³/mol. The van der Waals surface area contributed by atoms with Gasteiger partial charge in [-0.2, -0.15) is 0 Å². The quantitative estimate of drug-likeness (QED) is 0.867. The molecular formula is C17H22N2. The number of rotatable bonds is 2. The topological polar surface area (TPSA) is 19.0 Å². The van der Waals surface area contributed by atoms with Crippen LogP contribution in [0.15, 0.2) is 30.5 Å². The summed E-state index contributed by atoms with van der Waals surface area (Å²) in [5, 5.41) is 1.44. The Bertz CT molecular complexity index is 598. The molecule has 1 aromatic carbocycles. The van der Waals surface area contributed by atoms with Gasteiger partial charge in [0.1, 0.15) is 0 Å². The number of likely N-dealkylation sites (N-methyl/N-ethyl adjacent to an activating group) is 1. The summed E-state index contributed by atoms with van der Waals surface area (Å²) in [7, 11) is 4.51. The first kappa shape index (κ1) is 11.5. The molecule has 0 spiro atoms. The first-order chi connectivity index (χ1) is 9.25. The van der Waals surface area contributed by atoms with Crippen LogP contribution in [-0.2, 0) is 0 Å². The highest BCUT2D eigenvalue weighted by Gasteiger charge is 2.49. The first-order valence-electron chi connectivity index (χ1n) is 7.48. The molecule has 19 heavy (non-hydrogen) atoms. The second-order valence-electron chi connectivity index (χ2n) is 6.60. The second-order valence-corrected chi connectivity index (χ2v) is 6.60. The van der Waals surface area contributed by atoms with E-state index in [0.717, 1.165) is 23.8 Å². The maximum atomic E-state index is 3.47. The second kappa shape index (κ2) is 4.11. The predicted octanol–water partition coefficient (Wildman–Crippen LogP) is 3.61. The molecule has 2 aromatic rings. The third kappa shape index (κ3) is 1.59. The molecule has 2 aliphatic rings. The van der Waals surface area contributed by atoms with E-state index in [1.807, 2.05) is 0 Å². The Labute approximate surface area is 114 Å². The summed E-state index contributed by atoms with van der Waals surface area (Å²) in [6.45, 7) is 0. The normalized spacial score (nSPS) is 33.6. The Morgan fingerprint density at radius 3 is 2.74 bits per heavy atom. The highest BCUT2D eigenvalue weighted by atomic mass is 15.1. The van der Waals surface area contributed by atoms with Crippen molar-refractivity contribution < 1.29 is 0 Å². The van der Waals surface area contributed by atoms with E-state index in [1.54, 1.807) is 5.56 Å². The SMILES string of the molecule is CN(C)[C@@H]1[C@@H]2CC[C@@H](C2)[C@H]1c1c[nH]c2ccccc12. The Kier molecular flexibility index (Phi) is 2.49. The molecule has 1 aromatic heterocycles. The Hall–Kier alpha value is -1.28. The highest BCUT2D eigenvalue weighted by molar-refractivity contribution is 5.83. The van der Waals surface area contributed by atoms with Crippen LogP contribution in [0.25, 0.3) is 10.9 Å². The Balaban J connectivity index is 1.82. The fourth-order valence-electron chi connectivity index (χ4n) is 4.81. The van der Waals surface area contributed by atoms with Crippen LogP contribution in [-0.4, -0.2) is 30.0 Å². The maximum Gasteiger partial charge on any atom is 0.0456 e. The van der Waals surface area contributed by atoms with Crippen molar-refractivity contribution in [3.05, 3.63) is 36.0 Å². The number of para-hydroxylation sites is 1. The van der Waals surface area contributed by atoms with Gasteiger partial charge in [-0.05, 0) is 56.8 Å². The number of H-pyrrole nitrogens is 1. The van der Waals surface area contributed by atoms with Crippen LogP contribution in [0, 0.1) is 11.8 Å². The molecule has 0 amide bonds. The van der Waals surface area contributed by atoms with Crippen LogP contribution >= 0.6 is 0 Å². The molecule has 2 saturated carbocycles. The third-order valence-electron chi connectivity index (χ3n) is 5.45. The maximum absolute atomic E-state index is 3.47. The van der Waals surface area contributed by atoms with Gasteiger partial charge in [-0.1, -0.05) is 18.2 Å². The van der Waals surface area contributed by atoms with Crippen molar-refractivity contribution in [2.75, 3.05) is 14.1 Å². The van der Waals surface area contributed by atoms with Gasteiger partial charge in [-0.3, -0.25) is 0 Å². The summed E-state index contributed by atoms with van der Waals surface area (Å²) in [5.41, 5.74) is 2.85. The summed E-state index contributed by atoms with van der Waals surface area (Å²) >= 11 is 0. The van der Waals surface area contributed by atoms with Gasteiger partial charge in [0.2, 0.25) is 0 Å². The van der Waals surface area contributed by atoms with Crippen LogP contribution < -0.4 is 0 Å². The molecule has 0 aliphatic heterocycles. The van der Waals surface area contributed by atoms with E-state index in [2.05, 4.69) is 54.4 Å². The van der Waals surface area contributed by atoms with Crippen molar-refractivity contribution in [2.45, 2.75) is 31.2 Å². The van der Waals surface area contributed by atoms with E-state index >= 15 is 0 Å². The molecule has 2 bridgehead atoms. The molecule has 0 saturated heterocycles. The van der Waals surface area contributed by atoms with E-state index in [4.69, 9.17) is 0 Å². The standard InChI is InChI=1S/C17H22N2/c1-19(2)17-12-8-7-11(9-12)16(17)14-10-18-15-6-4-3-5-13(14)15/h3-6,10-12,16-18H,7-9H2,1-2H3/t11-,12+,16-,17+/m0/s1. The lowest BCUT2D eigenvalue weighted by Crippen LogP contribution is -2.38. The van der Waals surface area contributed by atoms with Crippen LogP contribution in [0.2, 0.25) is 0 Å². The number of hydrogen-bond acceptors (Lipinski definition) is 1. The van der Waals surface area contributed by atoms with Crippen molar-refractivity contribution in [3.63, 3.8) is 0 Å². The number of aromatic nitrogens is 1. The van der Waals surface area contributed by atoms with Crippen molar-refractivity contribution in [3.8, 4) is 0 Å². The van der Waals surface area contributed by atoms with Gasteiger partial charge in [-0.15, -0.1) is 0 Å². The van der Waals surface area contributed by atoms with Crippen LogP contribution in [0.4, 0.5) is 0 Å². The van der Waals surface area contributed by atoms with Crippen molar-refractivity contribution in [1.29, 1.82) is 0 Å². The van der Waals surface area contributed by atoms with Crippen LogP contribution in [0.1, 0.15) is 30.7 Å². The minimum absolute atomic E-state index is 0.727. The zero-order valence-electron chi connectivity index (χ0n) is 11.8. The monoisotopic (exact) mass is 254 g/mol. The molecular weight excluding hydrogens is 232 g/mol. The number of aromatic amines is 1. The lowest BCUT2D eigenvalue weighted by molar-refractivity contribution is 0.186. The van der Waals surface area contributed by atoms with E-state index in [0.29, 0.717) is 0 Å². The molecule has 0 radical (unpaired) electrons. The van der Waals surface area contributed by atoms with Crippen molar-refractivity contribution >= 4 is 10.9 Å². The molecule has 100 valence electrons. The number of hydrogen-bond donors (Lipinski definition) is 1. The summed E-state index contributed by atoms with van der Waals surface area (Å²) < 4.78 is 0. The lowest BCUT2D eigenvalue weighted by Gasteiger charge is -2.35. The fourth-order valence-corrected chi connectivity index (χ4v) is 4.81. The van der Waals surface area contributed by atoms with Gasteiger partial charge in [0, 0.05) is 29.1 Å². The molecule has 2 heteroatoms. The van der Waals surface area contributed by atoms with Crippen molar-refractivity contribution in [1.82, 2.24) is 9.88 Å². The summed E-state index contributed by atoms with van der Waals surface area (Å²) in [6, 6.07) is 9.49. The smallest absolute Gasteiger partial charge is 0.0456 e. The molecule has 1 N–H and O–H groups in total. The third-order valence-corrected chi connectivity index (χ3v) is 5.45. The van der Waals surface area contributed by atoms with Gasteiger partial charge in [0.05, 0.1) is 0 Å². The number of nitrogens with zero attached hydrogens (tertiary/aromatic N) is 1. The minimum atomic E-state index is 0.727. The Morgan fingerprint density at radius 1 is 1.11 bits per heavy atom. The molecule has 4 atom stereocenters. The fraction of sp³-hybridized carbons (Fsp3) is 0.529. The van der Waals surface area contributed by atoms with E-state index < -0.39 is 0 Å². The van der Waals surface area contributed by atoms with Gasteiger partial charge < -0.3 is 9.88 Å². The molecule has 0 unspecified atom stereocenters. The van der Waals surface area contributed by atoms with E-state index in [9.17, 15) is 0 Å². The molecule has 2 fully saturated rings. The average molecular weight is 254 g/mol. The van der Waals surface area contributed by atoms with Crippen LogP contribution in [0.3, 0.4) is 0 Å². The number of nitrogens with one attached hydrogen (secondary N) is 1. The van der Waals surface area contributed by atoms with E-state index in [-0.39, 0.29) is 0 Å². The van der Waals surface area contributed by atoms with Crippen molar-refractivity contribution in [2.24, 2.45) is 11.8 Å². The minimum Gasteiger partial charge on any atom is -0.361 e. The zero-order chi connectivity index (χ0) is 13.0. The Morgan fingerprint density at radius 2 is 1.89 bits per heavy atom. The summed E-state index contributed by atoms with van der Waals surface area (Å²) in [4.78, 5) is 5.93. The van der Waals surface area contributed by atoms with Gasteiger partial charge in [-0.25, -0.2) is 0 Å². The number of benzene rings is 1. The largest absolute Gasteiger partial charge is 0.361 e. The van der Waals surface area contributed by atoms with Gasteiger partial charge in [0.15, 0.2) is 0 Å². The molecule has 1 heterocycles. The van der Waals surface area contributed by atoms with Gasteiger partial charge in [0.25, 0.3) is 0 Å². The van der Waals surface area contributed by atoms with E-state index in [1.165, 1.54) is 30.2 Å². The lowest BCUT2D eigenvalue weighted by atomic mass is 9.79. The average Bonchev–Trinajstić information content (AvgIpc) is 3.11. The molecule has 2 nitrogen and oxygen atoms in total.